The van der Waals surface area contributed by atoms with Gasteiger partial charge in [-0.15, -0.1) is 0 Å². The monoisotopic (exact) mass is 354 g/mol. The average molecular weight is 354 g/mol. The largest absolute Gasteiger partial charge is 0.412 e. The van der Waals surface area contributed by atoms with Gasteiger partial charge in [0.15, 0.2) is 17.0 Å². The molecule has 3 rings (SSSR count). The Morgan fingerprint density at radius 1 is 1.38 bits per heavy atom. The molecule has 9 nitrogen and oxygen atoms in total. The lowest BCUT2D eigenvalue weighted by Crippen LogP contribution is -2.50. The molecule has 0 aliphatic carbocycles. The maximum atomic E-state index is 11.8. The van der Waals surface area contributed by atoms with Gasteiger partial charge in [0.25, 0.3) is 0 Å². The Morgan fingerprint density at radius 3 is 2.71 bits per heavy atom. The first-order valence-electron chi connectivity index (χ1n) is 7.11. The Labute approximate surface area is 139 Å². The Morgan fingerprint density at radius 2 is 2.08 bits per heavy atom. The zero-order valence-electron chi connectivity index (χ0n) is 13.6. The van der Waals surface area contributed by atoms with E-state index in [-0.39, 0.29) is 17.2 Å². The number of hydrogen-bond acceptors (Lipinski definition) is 7. The van der Waals surface area contributed by atoms with E-state index in [0.717, 1.165) is 6.26 Å². The molecule has 2 aromatic heterocycles. The fraction of sp³-hybridized carbons (Fsp3) is 0.357. The van der Waals surface area contributed by atoms with E-state index >= 15 is 0 Å². The molecule has 3 heterocycles. The van der Waals surface area contributed by atoms with Gasteiger partial charge in [0, 0.05) is 12.1 Å². The Hall–Kier alpha value is -2.14. The Bertz CT molecular complexity index is 913. The highest BCUT2D eigenvalue weighted by atomic mass is 32.2. The summed E-state index contributed by atoms with van der Waals surface area (Å²) in [6, 6.07) is 3.51. The second-order valence-electron chi connectivity index (χ2n) is 5.96. The lowest BCUT2D eigenvalue weighted by molar-refractivity contribution is 0.0352. The number of pyridine rings is 2. The summed E-state index contributed by atoms with van der Waals surface area (Å²) in [6.07, 6.45) is 4.07. The molecule has 1 unspecified atom stereocenters. The second kappa shape index (κ2) is 6.06. The van der Waals surface area contributed by atoms with E-state index in [4.69, 9.17) is 10.0 Å². The maximum absolute atomic E-state index is 11.8. The highest BCUT2D eigenvalue weighted by molar-refractivity contribution is 7.86. The van der Waals surface area contributed by atoms with E-state index < -0.39 is 14.8 Å². The quantitative estimate of drug-likeness (QED) is 0.810. The van der Waals surface area contributed by atoms with Crippen LogP contribution in [0.2, 0.25) is 0 Å². The number of quaternary nitrogens is 1. The molecule has 0 radical (unpaired) electrons. The Balaban J connectivity index is 0.00000208. The van der Waals surface area contributed by atoms with Gasteiger partial charge in [0.05, 0.1) is 11.8 Å². The van der Waals surface area contributed by atoms with Crippen molar-refractivity contribution in [3.63, 3.8) is 0 Å². The average Bonchev–Trinajstić information content (AvgIpc) is 2.76. The molecule has 24 heavy (non-hydrogen) atoms. The maximum Gasteiger partial charge on any atom is 0.312 e. The number of rotatable bonds is 4. The predicted molar refractivity (Wildman–Crippen MR) is 93.1 cm³/mol. The van der Waals surface area contributed by atoms with Crippen molar-refractivity contribution in [2.24, 2.45) is 10.9 Å². The summed E-state index contributed by atoms with van der Waals surface area (Å²) in [7, 11) is -3.74. The van der Waals surface area contributed by atoms with Gasteiger partial charge in [0.1, 0.15) is 6.54 Å². The van der Waals surface area contributed by atoms with Crippen LogP contribution >= 0.6 is 0 Å². The molecule has 0 aromatic carbocycles. The van der Waals surface area contributed by atoms with E-state index in [1.54, 1.807) is 18.3 Å². The van der Waals surface area contributed by atoms with Gasteiger partial charge < -0.3 is 11.2 Å². The summed E-state index contributed by atoms with van der Waals surface area (Å²) >= 11 is 0. The fourth-order valence-electron chi connectivity index (χ4n) is 2.79. The van der Waals surface area contributed by atoms with Gasteiger partial charge in [-0.3, -0.25) is 0 Å². The van der Waals surface area contributed by atoms with Crippen LogP contribution in [0.4, 0.5) is 17.2 Å². The molecule has 10 heteroatoms. The third kappa shape index (κ3) is 3.08. The number of nitrogens with two attached hydrogens (primary N) is 1. The molecule has 0 spiro atoms. The van der Waals surface area contributed by atoms with Crippen LogP contribution in [-0.4, -0.2) is 43.0 Å². The molecule has 4 N–H and O–H groups in total. The number of hydrogen-bond donors (Lipinski definition) is 1. The zero-order chi connectivity index (χ0) is 16.8. The molecule has 1 aliphatic heterocycles. The van der Waals surface area contributed by atoms with Gasteiger partial charge in [-0.05, 0) is 12.1 Å². The minimum absolute atomic E-state index is 0. The highest BCUT2D eigenvalue weighted by Gasteiger charge is 2.46. The van der Waals surface area contributed by atoms with Crippen molar-refractivity contribution in [1.29, 1.82) is 0 Å². The van der Waals surface area contributed by atoms with Gasteiger partial charge in [-0.2, -0.15) is 13.4 Å². The summed E-state index contributed by atoms with van der Waals surface area (Å²) in [6.45, 7) is 4.31. The van der Waals surface area contributed by atoms with E-state index in [0.29, 0.717) is 29.0 Å². The minimum atomic E-state index is -3.74. The van der Waals surface area contributed by atoms with E-state index in [1.165, 1.54) is 6.34 Å². The third-order valence-corrected chi connectivity index (χ3v) is 3.91. The lowest BCUT2D eigenvalue weighted by Gasteiger charge is -2.27. The summed E-state index contributed by atoms with van der Waals surface area (Å²) in [5.41, 5.74) is 7.99. The number of aromatic nitrogens is 2. The van der Waals surface area contributed by atoms with Gasteiger partial charge >= 0.3 is 10.1 Å². The van der Waals surface area contributed by atoms with E-state index in [1.807, 2.05) is 13.8 Å². The Kier molecular flexibility index (Phi) is 4.59. The fourth-order valence-corrected chi connectivity index (χ4v) is 3.45. The van der Waals surface area contributed by atoms with Crippen molar-refractivity contribution >= 4 is 44.7 Å². The predicted octanol–water partition coefficient (Wildman–Crippen LogP) is 0.915. The zero-order valence-corrected chi connectivity index (χ0v) is 14.4. The molecule has 2 aromatic rings. The van der Waals surface area contributed by atoms with Gasteiger partial charge in [0.2, 0.25) is 12.0 Å². The summed E-state index contributed by atoms with van der Waals surface area (Å²) in [4.78, 5) is 12.9. The SMILES string of the molecule is CC(C)C[N+]1(OS(C)(=O)=O)C=Nc2c(N)nc3cccnc3c21.O. The van der Waals surface area contributed by atoms with Crippen molar-refractivity contribution in [2.45, 2.75) is 13.8 Å². The first-order valence-corrected chi connectivity index (χ1v) is 8.92. The van der Waals surface area contributed by atoms with Crippen molar-refractivity contribution in [3.05, 3.63) is 18.3 Å². The van der Waals surface area contributed by atoms with Gasteiger partial charge in [-0.1, -0.05) is 22.8 Å². The molecule has 0 bridgehead atoms. The van der Waals surface area contributed by atoms with Crippen LogP contribution in [0.5, 0.6) is 0 Å². The standard InChI is InChI=1S/C14H18N5O3S.H2O/c1-9(2)7-19(22-23(3,20)21)8-17-12-13(19)11-10(18-14(12)15)5-4-6-16-11;/h4-6,8-9H,7H2,1-3H3,(H2,15,18);1H2/q+1;. The normalized spacial score (nSPS) is 19.5. The molecule has 130 valence electrons. The van der Waals surface area contributed by atoms with Crippen LogP contribution in [0.1, 0.15) is 13.8 Å². The lowest BCUT2D eigenvalue weighted by atomic mass is 10.1. The van der Waals surface area contributed by atoms with Crippen molar-refractivity contribution in [2.75, 3.05) is 18.5 Å². The smallest absolute Gasteiger partial charge is 0.312 e. The first-order chi connectivity index (χ1) is 10.7. The molecule has 1 atom stereocenters. The van der Waals surface area contributed by atoms with E-state index in [2.05, 4.69) is 15.0 Å². The molecule has 0 saturated heterocycles. The molecule has 0 saturated carbocycles. The van der Waals surface area contributed by atoms with E-state index in [9.17, 15) is 8.42 Å². The summed E-state index contributed by atoms with van der Waals surface area (Å²) in [5, 5.41) is 0. The molecule has 0 amide bonds. The second-order valence-corrected chi connectivity index (χ2v) is 7.52. The van der Waals surface area contributed by atoms with Crippen LogP contribution in [0, 0.1) is 5.92 Å². The highest BCUT2D eigenvalue weighted by Crippen LogP contribution is 2.46. The summed E-state index contributed by atoms with van der Waals surface area (Å²) < 4.78 is 28.7. The number of nitrogen functional groups attached to an aromatic ring is 1. The number of hydroxylamine groups is 2. The number of nitrogens with zero attached hydrogens (tertiary/aromatic N) is 4. The van der Waals surface area contributed by atoms with Crippen LogP contribution in [0.3, 0.4) is 0 Å². The first kappa shape index (κ1) is 18.2. The van der Waals surface area contributed by atoms with Crippen molar-refractivity contribution in [1.82, 2.24) is 14.6 Å². The van der Waals surface area contributed by atoms with Gasteiger partial charge in [-0.25, -0.2) is 9.97 Å². The van der Waals surface area contributed by atoms with Crippen molar-refractivity contribution in [3.8, 4) is 0 Å². The van der Waals surface area contributed by atoms with Crippen LogP contribution in [-0.2, 0) is 14.4 Å². The minimum Gasteiger partial charge on any atom is -0.412 e. The molecular weight excluding hydrogens is 334 g/mol. The van der Waals surface area contributed by atoms with Crippen LogP contribution < -0.4 is 10.4 Å². The number of fused-ring (bicyclic) bond motifs is 3. The summed E-state index contributed by atoms with van der Waals surface area (Å²) in [5.74, 6) is 0.361. The van der Waals surface area contributed by atoms with Crippen molar-refractivity contribution < 1.29 is 18.2 Å². The molecule has 0 fully saturated rings. The van der Waals surface area contributed by atoms with Crippen LogP contribution in [0.25, 0.3) is 11.0 Å². The molecular formula is C14H20N5O4S+. The third-order valence-electron chi connectivity index (χ3n) is 3.38. The topological polar surface area (TPSA) is 139 Å². The number of aliphatic imine (C=N–C) groups is 1. The number of anilines is 1. The van der Waals surface area contributed by atoms with Crippen LogP contribution in [0.15, 0.2) is 23.3 Å². The molecule has 1 aliphatic rings.